The summed E-state index contributed by atoms with van der Waals surface area (Å²) in [5.41, 5.74) is 0.953. The van der Waals surface area contributed by atoms with Gasteiger partial charge in [0.15, 0.2) is 11.5 Å². The second-order valence-electron chi connectivity index (χ2n) is 4.83. The summed E-state index contributed by atoms with van der Waals surface area (Å²) in [7, 11) is 0. The van der Waals surface area contributed by atoms with Crippen molar-refractivity contribution in [2.24, 2.45) is 0 Å². The van der Waals surface area contributed by atoms with E-state index in [1.54, 1.807) is 11.3 Å². The standard InChI is InChI=1S/C16H17NO3S/c18-15(10-13-5-2-9-21-13)17-11-12-4-1-6-14-16(12)20-8-3-7-19-14/h1-2,4-6,9H,3,7-8,10-11H2,(H,17,18). The van der Waals surface area contributed by atoms with Gasteiger partial charge in [0.1, 0.15) is 0 Å². The second kappa shape index (κ2) is 6.63. The van der Waals surface area contributed by atoms with E-state index in [-0.39, 0.29) is 5.91 Å². The Kier molecular flexibility index (Phi) is 4.40. The number of carbonyl (C=O) groups is 1. The van der Waals surface area contributed by atoms with Gasteiger partial charge in [0, 0.05) is 23.4 Å². The lowest BCUT2D eigenvalue weighted by Crippen LogP contribution is -2.24. The minimum absolute atomic E-state index is 0.0181. The first-order valence-corrected chi connectivity index (χ1v) is 7.87. The molecule has 110 valence electrons. The lowest BCUT2D eigenvalue weighted by Gasteiger charge is -2.13. The minimum atomic E-state index is 0.0181. The number of hydrogen-bond donors (Lipinski definition) is 1. The summed E-state index contributed by atoms with van der Waals surface area (Å²) in [5, 5.41) is 4.92. The molecule has 21 heavy (non-hydrogen) atoms. The number of fused-ring (bicyclic) bond motifs is 1. The van der Waals surface area contributed by atoms with Crippen molar-refractivity contribution in [2.45, 2.75) is 19.4 Å². The molecular weight excluding hydrogens is 286 g/mol. The molecule has 0 fully saturated rings. The van der Waals surface area contributed by atoms with Crippen molar-refractivity contribution in [3.05, 3.63) is 46.2 Å². The molecule has 2 heterocycles. The molecule has 0 saturated carbocycles. The Hall–Kier alpha value is -2.01. The maximum atomic E-state index is 11.9. The normalized spacial score (nSPS) is 13.5. The average Bonchev–Trinajstić information content (AvgIpc) is 2.87. The highest BCUT2D eigenvalue weighted by Crippen LogP contribution is 2.33. The molecule has 5 heteroatoms. The first-order valence-electron chi connectivity index (χ1n) is 6.99. The summed E-state index contributed by atoms with van der Waals surface area (Å²) in [6.07, 6.45) is 1.29. The van der Waals surface area contributed by atoms with Gasteiger partial charge in [0.2, 0.25) is 5.91 Å². The van der Waals surface area contributed by atoms with Gasteiger partial charge >= 0.3 is 0 Å². The van der Waals surface area contributed by atoms with Gasteiger partial charge in [-0.3, -0.25) is 4.79 Å². The molecule has 0 atom stereocenters. The summed E-state index contributed by atoms with van der Waals surface area (Å²) in [6.45, 7) is 1.77. The lowest BCUT2D eigenvalue weighted by molar-refractivity contribution is -0.120. The summed E-state index contributed by atoms with van der Waals surface area (Å²) in [5.74, 6) is 1.54. The van der Waals surface area contributed by atoms with E-state index in [0.29, 0.717) is 26.2 Å². The second-order valence-corrected chi connectivity index (χ2v) is 5.86. The Morgan fingerprint density at radius 1 is 1.19 bits per heavy atom. The fourth-order valence-corrected chi connectivity index (χ4v) is 2.92. The van der Waals surface area contributed by atoms with Crippen LogP contribution in [0.1, 0.15) is 16.9 Å². The SMILES string of the molecule is O=C(Cc1cccs1)NCc1cccc2c1OCCCO2. The molecular formula is C16H17NO3S. The van der Waals surface area contributed by atoms with Gasteiger partial charge in [-0.05, 0) is 17.5 Å². The highest BCUT2D eigenvalue weighted by atomic mass is 32.1. The van der Waals surface area contributed by atoms with Gasteiger partial charge in [-0.15, -0.1) is 11.3 Å². The zero-order chi connectivity index (χ0) is 14.5. The van der Waals surface area contributed by atoms with Crippen LogP contribution in [-0.4, -0.2) is 19.1 Å². The van der Waals surface area contributed by atoms with Crippen molar-refractivity contribution >= 4 is 17.2 Å². The molecule has 0 radical (unpaired) electrons. The van der Waals surface area contributed by atoms with Gasteiger partial charge in [0.05, 0.1) is 19.6 Å². The molecule has 0 saturated heterocycles. The summed E-state index contributed by atoms with van der Waals surface area (Å²) in [4.78, 5) is 13.0. The Labute approximate surface area is 127 Å². The molecule has 1 aromatic carbocycles. The van der Waals surface area contributed by atoms with Crippen molar-refractivity contribution in [3.8, 4) is 11.5 Å². The molecule has 1 amide bonds. The van der Waals surface area contributed by atoms with E-state index in [1.807, 2.05) is 35.7 Å². The molecule has 1 aliphatic heterocycles. The molecule has 4 nitrogen and oxygen atoms in total. The molecule has 0 bridgehead atoms. The van der Waals surface area contributed by atoms with Crippen LogP contribution in [0.4, 0.5) is 0 Å². The Bertz CT molecular complexity index is 610. The van der Waals surface area contributed by atoms with Gasteiger partial charge in [-0.25, -0.2) is 0 Å². The number of para-hydroxylation sites is 1. The van der Waals surface area contributed by atoms with Crippen molar-refractivity contribution in [3.63, 3.8) is 0 Å². The van der Waals surface area contributed by atoms with Crippen molar-refractivity contribution < 1.29 is 14.3 Å². The maximum absolute atomic E-state index is 11.9. The molecule has 1 aliphatic rings. The number of benzene rings is 1. The number of rotatable bonds is 4. The van der Waals surface area contributed by atoms with E-state index in [9.17, 15) is 4.79 Å². The van der Waals surface area contributed by atoms with E-state index >= 15 is 0 Å². The van der Waals surface area contributed by atoms with Crippen LogP contribution in [0.2, 0.25) is 0 Å². The summed E-state index contributed by atoms with van der Waals surface area (Å²) >= 11 is 1.59. The number of nitrogens with one attached hydrogen (secondary N) is 1. The van der Waals surface area contributed by atoms with Gasteiger partial charge in [-0.2, -0.15) is 0 Å². The average molecular weight is 303 g/mol. The van der Waals surface area contributed by atoms with Gasteiger partial charge in [-0.1, -0.05) is 18.2 Å². The smallest absolute Gasteiger partial charge is 0.225 e. The molecule has 0 spiro atoms. The number of hydrogen-bond acceptors (Lipinski definition) is 4. The van der Waals surface area contributed by atoms with E-state index in [0.717, 1.165) is 28.4 Å². The van der Waals surface area contributed by atoms with Crippen molar-refractivity contribution in [1.82, 2.24) is 5.32 Å². The van der Waals surface area contributed by atoms with Crippen LogP contribution < -0.4 is 14.8 Å². The topological polar surface area (TPSA) is 47.6 Å². The third-order valence-electron chi connectivity index (χ3n) is 3.24. The van der Waals surface area contributed by atoms with E-state index < -0.39 is 0 Å². The van der Waals surface area contributed by atoms with Crippen LogP contribution >= 0.6 is 11.3 Å². The van der Waals surface area contributed by atoms with Crippen molar-refractivity contribution in [1.29, 1.82) is 0 Å². The molecule has 0 unspecified atom stereocenters. The highest BCUT2D eigenvalue weighted by Gasteiger charge is 2.15. The van der Waals surface area contributed by atoms with Gasteiger partial charge < -0.3 is 14.8 Å². The Balaban J connectivity index is 1.64. The lowest BCUT2D eigenvalue weighted by atomic mass is 10.2. The largest absolute Gasteiger partial charge is 0.490 e. The van der Waals surface area contributed by atoms with Crippen LogP contribution in [0.25, 0.3) is 0 Å². The third kappa shape index (κ3) is 3.55. The predicted octanol–water partition coefficient (Wildman–Crippen LogP) is 2.77. The molecule has 1 N–H and O–H groups in total. The molecule has 2 aromatic rings. The summed E-state index contributed by atoms with van der Waals surface area (Å²) in [6, 6.07) is 9.70. The summed E-state index contributed by atoms with van der Waals surface area (Å²) < 4.78 is 11.4. The predicted molar refractivity (Wildman–Crippen MR) is 81.9 cm³/mol. The number of ether oxygens (including phenoxy) is 2. The number of carbonyl (C=O) groups excluding carboxylic acids is 1. The zero-order valence-corrected chi connectivity index (χ0v) is 12.4. The third-order valence-corrected chi connectivity index (χ3v) is 4.12. The zero-order valence-electron chi connectivity index (χ0n) is 11.6. The highest BCUT2D eigenvalue weighted by molar-refractivity contribution is 7.10. The number of thiophene rings is 1. The van der Waals surface area contributed by atoms with Crippen LogP contribution in [0.15, 0.2) is 35.7 Å². The van der Waals surface area contributed by atoms with Crippen LogP contribution in [0, 0.1) is 0 Å². The first-order chi connectivity index (χ1) is 10.3. The van der Waals surface area contributed by atoms with E-state index in [4.69, 9.17) is 9.47 Å². The number of amides is 1. The van der Waals surface area contributed by atoms with Crippen molar-refractivity contribution in [2.75, 3.05) is 13.2 Å². The molecule has 1 aromatic heterocycles. The van der Waals surface area contributed by atoms with Gasteiger partial charge in [0.25, 0.3) is 0 Å². The van der Waals surface area contributed by atoms with Crippen LogP contribution in [0.3, 0.4) is 0 Å². The van der Waals surface area contributed by atoms with Crippen LogP contribution in [0.5, 0.6) is 11.5 Å². The monoisotopic (exact) mass is 303 g/mol. The molecule has 3 rings (SSSR count). The van der Waals surface area contributed by atoms with Crippen LogP contribution in [-0.2, 0) is 17.8 Å². The Morgan fingerprint density at radius 3 is 2.95 bits per heavy atom. The Morgan fingerprint density at radius 2 is 2.10 bits per heavy atom. The fraction of sp³-hybridized carbons (Fsp3) is 0.312. The maximum Gasteiger partial charge on any atom is 0.225 e. The first kappa shape index (κ1) is 13.9. The fourth-order valence-electron chi connectivity index (χ4n) is 2.22. The van der Waals surface area contributed by atoms with E-state index in [1.165, 1.54) is 0 Å². The quantitative estimate of drug-likeness (QED) is 0.945. The van der Waals surface area contributed by atoms with E-state index in [2.05, 4.69) is 5.32 Å². The minimum Gasteiger partial charge on any atom is -0.490 e. The molecule has 0 aliphatic carbocycles.